The summed E-state index contributed by atoms with van der Waals surface area (Å²) in [7, 11) is 1.89. The lowest BCUT2D eigenvalue weighted by Gasteiger charge is -2.26. The maximum Gasteiger partial charge on any atom is 0.134 e. The van der Waals surface area contributed by atoms with E-state index >= 15 is 0 Å². The first kappa shape index (κ1) is 17.0. The van der Waals surface area contributed by atoms with Gasteiger partial charge in [-0.05, 0) is 36.8 Å². The highest BCUT2D eigenvalue weighted by atomic mass is 32.2. The molecule has 0 radical (unpaired) electrons. The fraction of sp³-hybridized carbons (Fsp3) is 0.444. The van der Waals surface area contributed by atoms with Crippen LogP contribution in [0.2, 0.25) is 0 Å². The summed E-state index contributed by atoms with van der Waals surface area (Å²) in [6.45, 7) is 2.95. The van der Waals surface area contributed by atoms with E-state index < -0.39 is 0 Å². The highest BCUT2D eigenvalue weighted by Crippen LogP contribution is 2.24. The summed E-state index contributed by atoms with van der Waals surface area (Å²) in [5.74, 6) is 1.88. The average Bonchev–Trinajstić information content (AvgIpc) is 3.11. The van der Waals surface area contributed by atoms with Crippen molar-refractivity contribution in [3.63, 3.8) is 0 Å². The second-order valence-electron chi connectivity index (χ2n) is 5.98. The molecule has 2 aromatic rings. The Bertz CT molecular complexity index is 646. The van der Waals surface area contributed by atoms with Gasteiger partial charge in [-0.15, -0.1) is 11.8 Å². The molecule has 0 saturated carbocycles. The van der Waals surface area contributed by atoms with E-state index in [2.05, 4.69) is 56.0 Å². The Kier molecular flexibility index (Phi) is 5.93. The fourth-order valence-corrected chi connectivity index (χ4v) is 3.53. The monoisotopic (exact) mass is 343 g/mol. The molecule has 5 nitrogen and oxygen atoms in total. The van der Waals surface area contributed by atoms with Crippen LogP contribution in [0.5, 0.6) is 0 Å². The van der Waals surface area contributed by atoms with Gasteiger partial charge in [0.25, 0.3) is 0 Å². The van der Waals surface area contributed by atoms with Crippen LogP contribution in [-0.2, 0) is 6.54 Å². The van der Waals surface area contributed by atoms with Gasteiger partial charge in [0.05, 0.1) is 0 Å². The average molecular weight is 344 g/mol. The number of anilines is 2. The molecule has 0 spiro atoms. The molecular weight excluding hydrogens is 318 g/mol. The minimum absolute atomic E-state index is 0.495. The number of nitrogens with one attached hydrogen (secondary N) is 2. The van der Waals surface area contributed by atoms with Crippen LogP contribution in [-0.4, -0.2) is 42.4 Å². The van der Waals surface area contributed by atoms with E-state index in [-0.39, 0.29) is 0 Å². The van der Waals surface area contributed by atoms with Gasteiger partial charge < -0.3 is 15.5 Å². The highest BCUT2D eigenvalue weighted by molar-refractivity contribution is 7.98. The van der Waals surface area contributed by atoms with Crippen molar-refractivity contribution in [1.82, 2.24) is 15.3 Å². The van der Waals surface area contributed by atoms with Crippen LogP contribution in [0.15, 0.2) is 41.6 Å². The van der Waals surface area contributed by atoms with Gasteiger partial charge in [0.15, 0.2) is 0 Å². The third-order valence-electron chi connectivity index (χ3n) is 4.45. The largest absolute Gasteiger partial charge is 0.373 e. The summed E-state index contributed by atoms with van der Waals surface area (Å²) in [6.07, 6.45) is 6.16. The Morgan fingerprint density at radius 2 is 2.08 bits per heavy atom. The zero-order chi connectivity index (χ0) is 16.8. The molecule has 0 amide bonds. The summed E-state index contributed by atoms with van der Waals surface area (Å²) >= 11 is 1.78. The molecule has 128 valence electrons. The molecule has 0 aliphatic carbocycles. The second-order valence-corrected chi connectivity index (χ2v) is 6.86. The molecule has 3 rings (SSSR count). The van der Waals surface area contributed by atoms with E-state index in [1.165, 1.54) is 23.3 Å². The number of hydrogen-bond donors (Lipinski definition) is 2. The predicted molar refractivity (Wildman–Crippen MR) is 102 cm³/mol. The number of hydrogen-bond acceptors (Lipinski definition) is 6. The number of nitrogens with zero attached hydrogens (tertiary/aromatic N) is 3. The lowest BCUT2D eigenvalue weighted by molar-refractivity contribution is 0.570. The van der Waals surface area contributed by atoms with Gasteiger partial charge in [-0.2, -0.15) is 0 Å². The van der Waals surface area contributed by atoms with Crippen molar-refractivity contribution in [2.24, 2.45) is 0 Å². The molecule has 24 heavy (non-hydrogen) atoms. The number of thioether (sulfide) groups is 1. The van der Waals surface area contributed by atoms with Crippen molar-refractivity contribution in [3.8, 4) is 0 Å². The van der Waals surface area contributed by atoms with Gasteiger partial charge in [0, 0.05) is 43.7 Å². The number of rotatable bonds is 7. The normalized spacial score (nSPS) is 17.2. The predicted octanol–water partition coefficient (Wildman–Crippen LogP) is 3.00. The van der Waals surface area contributed by atoms with Crippen molar-refractivity contribution >= 4 is 23.4 Å². The lowest BCUT2D eigenvalue weighted by atomic mass is 10.2. The first-order valence-electron chi connectivity index (χ1n) is 8.40. The fourth-order valence-electron chi connectivity index (χ4n) is 3.12. The minimum atomic E-state index is 0.495. The molecule has 1 fully saturated rings. The zero-order valence-corrected chi connectivity index (χ0v) is 15.1. The van der Waals surface area contributed by atoms with Crippen molar-refractivity contribution in [3.05, 3.63) is 42.2 Å². The van der Waals surface area contributed by atoms with E-state index in [9.17, 15) is 0 Å². The molecule has 2 N–H and O–H groups in total. The van der Waals surface area contributed by atoms with Crippen LogP contribution >= 0.6 is 11.8 Å². The maximum atomic E-state index is 4.45. The third kappa shape index (κ3) is 4.19. The van der Waals surface area contributed by atoms with E-state index in [1.807, 2.05) is 13.1 Å². The van der Waals surface area contributed by atoms with Crippen LogP contribution in [0, 0.1) is 0 Å². The van der Waals surface area contributed by atoms with Crippen LogP contribution < -0.4 is 15.5 Å². The van der Waals surface area contributed by atoms with E-state index in [0.717, 1.165) is 31.3 Å². The molecule has 1 unspecified atom stereocenters. The van der Waals surface area contributed by atoms with Crippen LogP contribution in [0.25, 0.3) is 0 Å². The quantitative estimate of drug-likeness (QED) is 0.754. The molecule has 1 aliphatic rings. The van der Waals surface area contributed by atoms with Crippen molar-refractivity contribution in [1.29, 1.82) is 0 Å². The molecule has 1 aliphatic heterocycles. The van der Waals surface area contributed by atoms with E-state index in [4.69, 9.17) is 0 Å². The molecule has 1 atom stereocenters. The summed E-state index contributed by atoms with van der Waals surface area (Å²) in [4.78, 5) is 12.4. The third-order valence-corrected chi connectivity index (χ3v) is 5.19. The number of aromatic nitrogens is 2. The van der Waals surface area contributed by atoms with E-state index in [0.29, 0.717) is 6.04 Å². The molecule has 1 aromatic heterocycles. The Labute approximate surface area is 148 Å². The standard InChI is InChI=1S/C18H25N5S/c1-19-17-10-18(22-13-21-17)23-9-3-4-15(23)12-20-11-14-5-7-16(24-2)8-6-14/h5-8,10,13,15,20H,3-4,9,11-12H2,1-2H3,(H,19,21,22). The Morgan fingerprint density at radius 1 is 1.25 bits per heavy atom. The Morgan fingerprint density at radius 3 is 2.83 bits per heavy atom. The molecule has 1 saturated heterocycles. The molecule has 2 heterocycles. The van der Waals surface area contributed by atoms with Crippen LogP contribution in [0.1, 0.15) is 18.4 Å². The number of benzene rings is 1. The van der Waals surface area contributed by atoms with Gasteiger partial charge in [-0.1, -0.05) is 12.1 Å². The lowest BCUT2D eigenvalue weighted by Crippen LogP contribution is -2.38. The summed E-state index contributed by atoms with van der Waals surface area (Å²) < 4.78 is 0. The van der Waals surface area contributed by atoms with Crippen LogP contribution in [0.3, 0.4) is 0 Å². The Balaban J connectivity index is 1.55. The zero-order valence-electron chi connectivity index (χ0n) is 14.3. The summed E-state index contributed by atoms with van der Waals surface area (Å²) in [6, 6.07) is 11.3. The van der Waals surface area contributed by atoms with Gasteiger partial charge in [-0.3, -0.25) is 0 Å². The van der Waals surface area contributed by atoms with Gasteiger partial charge in [-0.25, -0.2) is 9.97 Å². The van der Waals surface area contributed by atoms with Crippen molar-refractivity contribution in [2.45, 2.75) is 30.3 Å². The topological polar surface area (TPSA) is 53.1 Å². The summed E-state index contributed by atoms with van der Waals surface area (Å²) in [5, 5.41) is 6.69. The smallest absolute Gasteiger partial charge is 0.134 e. The maximum absolute atomic E-state index is 4.45. The molecule has 6 heteroatoms. The van der Waals surface area contributed by atoms with Gasteiger partial charge in [0.1, 0.15) is 18.0 Å². The van der Waals surface area contributed by atoms with Crippen molar-refractivity contribution < 1.29 is 0 Å². The van der Waals surface area contributed by atoms with Crippen molar-refractivity contribution in [2.75, 3.05) is 36.6 Å². The van der Waals surface area contributed by atoms with Crippen LogP contribution in [0.4, 0.5) is 11.6 Å². The van der Waals surface area contributed by atoms with E-state index in [1.54, 1.807) is 18.1 Å². The first-order valence-corrected chi connectivity index (χ1v) is 9.62. The first-order chi connectivity index (χ1) is 11.8. The molecule has 0 bridgehead atoms. The highest BCUT2D eigenvalue weighted by Gasteiger charge is 2.25. The Hall–Kier alpha value is -1.79. The minimum Gasteiger partial charge on any atom is -0.373 e. The van der Waals surface area contributed by atoms with Gasteiger partial charge in [0.2, 0.25) is 0 Å². The SMILES string of the molecule is CNc1cc(N2CCCC2CNCc2ccc(SC)cc2)ncn1. The molecular formula is C18H25N5S. The van der Waals surface area contributed by atoms with Gasteiger partial charge >= 0.3 is 0 Å². The molecule has 1 aromatic carbocycles. The summed E-state index contributed by atoms with van der Waals surface area (Å²) in [5.41, 5.74) is 1.33. The second kappa shape index (κ2) is 8.35.